The summed E-state index contributed by atoms with van der Waals surface area (Å²) in [7, 11) is 0. The molecule has 0 aliphatic carbocycles. The number of ether oxygens (including phenoxy) is 1. The van der Waals surface area contributed by atoms with Crippen molar-refractivity contribution in [3.8, 4) is 5.75 Å². The smallest absolute Gasteiger partial charge is 0.422 e. The van der Waals surface area contributed by atoms with Gasteiger partial charge in [-0.25, -0.2) is 0 Å². The van der Waals surface area contributed by atoms with Gasteiger partial charge in [0.2, 0.25) is 11.8 Å². The fraction of sp³-hybridized carbons (Fsp3) is 0.529. The Bertz CT molecular complexity index is 679. The maximum Gasteiger partial charge on any atom is 0.422 e. The number of amides is 2. The predicted molar refractivity (Wildman–Crippen MR) is 91.4 cm³/mol. The quantitative estimate of drug-likeness (QED) is 0.757. The number of hydrogen-bond donors (Lipinski definition) is 1. The SMILES string of the molecule is CC(C)(CCl)C(=O)NC1CCN(c2cccc(OCC(F)(F)F)c2)C1=O. The van der Waals surface area contributed by atoms with Crippen molar-refractivity contribution in [2.75, 3.05) is 23.9 Å². The van der Waals surface area contributed by atoms with E-state index in [0.29, 0.717) is 18.7 Å². The van der Waals surface area contributed by atoms with Crippen LogP contribution < -0.4 is 15.0 Å². The lowest BCUT2D eigenvalue weighted by Gasteiger charge is -2.23. The molecule has 0 radical (unpaired) electrons. The van der Waals surface area contributed by atoms with Crippen molar-refractivity contribution in [3.63, 3.8) is 0 Å². The number of hydrogen-bond acceptors (Lipinski definition) is 3. The van der Waals surface area contributed by atoms with Gasteiger partial charge in [0.15, 0.2) is 6.61 Å². The summed E-state index contributed by atoms with van der Waals surface area (Å²) in [5.41, 5.74) is -0.385. The van der Waals surface area contributed by atoms with Crippen LogP contribution in [0.15, 0.2) is 24.3 Å². The van der Waals surface area contributed by atoms with Crippen molar-refractivity contribution in [1.29, 1.82) is 0 Å². The first kappa shape index (κ1) is 20.4. The van der Waals surface area contributed by atoms with Gasteiger partial charge in [-0.15, -0.1) is 11.6 Å². The van der Waals surface area contributed by atoms with Gasteiger partial charge in [-0.1, -0.05) is 6.07 Å². The molecule has 1 aliphatic heterocycles. The highest BCUT2D eigenvalue weighted by molar-refractivity contribution is 6.20. The minimum Gasteiger partial charge on any atom is -0.484 e. The molecule has 1 heterocycles. The van der Waals surface area contributed by atoms with Gasteiger partial charge in [0.05, 0.1) is 5.41 Å². The van der Waals surface area contributed by atoms with Crippen LogP contribution in [0.25, 0.3) is 0 Å². The second-order valence-electron chi connectivity index (χ2n) is 6.72. The highest BCUT2D eigenvalue weighted by atomic mass is 35.5. The average Bonchev–Trinajstić information content (AvgIpc) is 2.93. The molecule has 1 aliphatic rings. The Morgan fingerprint density at radius 3 is 2.69 bits per heavy atom. The minimum atomic E-state index is -4.44. The first-order valence-corrected chi connectivity index (χ1v) is 8.55. The second-order valence-corrected chi connectivity index (χ2v) is 6.99. The van der Waals surface area contributed by atoms with E-state index >= 15 is 0 Å². The lowest BCUT2D eigenvalue weighted by Crippen LogP contribution is -2.47. The summed E-state index contributed by atoms with van der Waals surface area (Å²) in [6.07, 6.45) is -4.04. The molecule has 0 aromatic heterocycles. The van der Waals surface area contributed by atoms with Crippen LogP contribution in [0.3, 0.4) is 0 Å². The summed E-state index contributed by atoms with van der Waals surface area (Å²) in [6.45, 7) is 2.28. The van der Waals surface area contributed by atoms with Crippen LogP contribution in [-0.2, 0) is 9.59 Å². The second kappa shape index (κ2) is 7.73. The summed E-state index contributed by atoms with van der Waals surface area (Å²) in [5.74, 6) is -0.516. The van der Waals surface area contributed by atoms with Crippen LogP contribution in [0.5, 0.6) is 5.75 Å². The van der Waals surface area contributed by atoms with Gasteiger partial charge >= 0.3 is 6.18 Å². The number of carbonyl (C=O) groups excluding carboxylic acids is 2. The molecule has 1 saturated heterocycles. The van der Waals surface area contributed by atoms with Gasteiger partial charge < -0.3 is 15.0 Å². The topological polar surface area (TPSA) is 58.6 Å². The minimum absolute atomic E-state index is 0.0170. The summed E-state index contributed by atoms with van der Waals surface area (Å²) in [5, 5.41) is 2.68. The van der Waals surface area contributed by atoms with Crippen LogP contribution in [0.2, 0.25) is 0 Å². The number of nitrogens with zero attached hydrogens (tertiary/aromatic N) is 1. The molecule has 1 aromatic rings. The lowest BCUT2D eigenvalue weighted by atomic mass is 9.95. The van der Waals surface area contributed by atoms with E-state index < -0.39 is 24.2 Å². The van der Waals surface area contributed by atoms with Crippen molar-refractivity contribution in [2.45, 2.75) is 32.5 Å². The van der Waals surface area contributed by atoms with Gasteiger partial charge in [-0.3, -0.25) is 9.59 Å². The van der Waals surface area contributed by atoms with E-state index in [9.17, 15) is 22.8 Å². The molecular formula is C17H20ClF3N2O3. The standard InChI is InChI=1S/C17H20ClF3N2O3/c1-16(2,9-18)15(25)22-13-6-7-23(14(13)24)11-4-3-5-12(8-11)26-10-17(19,20)21/h3-5,8,13H,6-7,9-10H2,1-2H3,(H,22,25). The van der Waals surface area contributed by atoms with Gasteiger partial charge in [0, 0.05) is 24.2 Å². The molecule has 0 saturated carbocycles. The molecule has 1 aromatic carbocycles. The molecule has 1 unspecified atom stereocenters. The van der Waals surface area contributed by atoms with Gasteiger partial charge in [0.1, 0.15) is 11.8 Å². The Morgan fingerprint density at radius 1 is 1.38 bits per heavy atom. The molecule has 1 fully saturated rings. The third kappa shape index (κ3) is 5.03. The zero-order valence-electron chi connectivity index (χ0n) is 14.4. The molecule has 2 amide bonds. The Labute approximate surface area is 154 Å². The molecule has 26 heavy (non-hydrogen) atoms. The molecule has 9 heteroatoms. The summed E-state index contributed by atoms with van der Waals surface area (Å²) in [6, 6.07) is 5.18. The zero-order chi connectivity index (χ0) is 19.5. The largest absolute Gasteiger partial charge is 0.484 e. The fourth-order valence-corrected chi connectivity index (χ4v) is 2.51. The maximum atomic E-state index is 12.5. The van der Waals surface area contributed by atoms with Crippen molar-refractivity contribution in [1.82, 2.24) is 5.32 Å². The van der Waals surface area contributed by atoms with Crippen molar-refractivity contribution in [2.24, 2.45) is 5.41 Å². The monoisotopic (exact) mass is 392 g/mol. The highest BCUT2D eigenvalue weighted by Crippen LogP contribution is 2.27. The number of nitrogens with one attached hydrogen (secondary N) is 1. The fourth-order valence-electron chi connectivity index (χ4n) is 2.39. The third-order valence-corrected chi connectivity index (χ3v) is 4.66. The van der Waals surface area contributed by atoms with Crippen LogP contribution >= 0.6 is 11.6 Å². The molecule has 0 spiro atoms. The first-order valence-electron chi connectivity index (χ1n) is 8.01. The summed E-state index contributed by atoms with van der Waals surface area (Å²) < 4.78 is 41.5. The van der Waals surface area contributed by atoms with E-state index in [1.165, 1.54) is 23.1 Å². The third-order valence-electron chi connectivity index (χ3n) is 3.99. The number of alkyl halides is 4. The number of benzene rings is 1. The average molecular weight is 393 g/mol. The first-order chi connectivity index (χ1) is 12.0. The van der Waals surface area contributed by atoms with E-state index in [-0.39, 0.29) is 23.4 Å². The Hall–Kier alpha value is -1.96. The molecule has 1 atom stereocenters. The number of anilines is 1. The van der Waals surface area contributed by atoms with Crippen LogP contribution in [0.4, 0.5) is 18.9 Å². The predicted octanol–water partition coefficient (Wildman–Crippen LogP) is 3.11. The van der Waals surface area contributed by atoms with Crippen molar-refractivity contribution < 1.29 is 27.5 Å². The molecular weight excluding hydrogens is 373 g/mol. The lowest BCUT2D eigenvalue weighted by molar-refractivity contribution is -0.153. The van der Waals surface area contributed by atoms with Gasteiger partial charge in [0.25, 0.3) is 0 Å². The van der Waals surface area contributed by atoms with Gasteiger partial charge in [-0.2, -0.15) is 13.2 Å². The summed E-state index contributed by atoms with van der Waals surface area (Å²) in [4.78, 5) is 26.1. The molecule has 5 nitrogen and oxygen atoms in total. The highest BCUT2D eigenvalue weighted by Gasteiger charge is 2.37. The normalized spacial score (nSPS) is 18.2. The summed E-state index contributed by atoms with van der Waals surface area (Å²) >= 11 is 5.76. The van der Waals surface area contributed by atoms with E-state index in [1.807, 2.05) is 0 Å². The number of rotatable bonds is 6. The molecule has 2 rings (SSSR count). The zero-order valence-corrected chi connectivity index (χ0v) is 15.2. The molecule has 1 N–H and O–H groups in total. The Balaban J connectivity index is 2.05. The Kier molecular flexibility index (Phi) is 6.05. The van der Waals surface area contributed by atoms with E-state index in [1.54, 1.807) is 19.9 Å². The number of halogens is 4. The van der Waals surface area contributed by atoms with Crippen molar-refractivity contribution >= 4 is 29.1 Å². The van der Waals surface area contributed by atoms with E-state index in [0.717, 1.165) is 0 Å². The molecule has 144 valence electrons. The number of carbonyl (C=O) groups is 2. The van der Waals surface area contributed by atoms with Crippen LogP contribution in [0.1, 0.15) is 20.3 Å². The van der Waals surface area contributed by atoms with Crippen LogP contribution in [0, 0.1) is 5.41 Å². The molecule has 0 bridgehead atoms. The van der Waals surface area contributed by atoms with Gasteiger partial charge in [-0.05, 0) is 32.4 Å². The van der Waals surface area contributed by atoms with Crippen molar-refractivity contribution in [3.05, 3.63) is 24.3 Å². The van der Waals surface area contributed by atoms with E-state index in [4.69, 9.17) is 16.3 Å². The van der Waals surface area contributed by atoms with Crippen LogP contribution in [-0.4, -0.2) is 43.1 Å². The Morgan fingerprint density at radius 2 is 2.08 bits per heavy atom. The maximum absolute atomic E-state index is 12.5. The van der Waals surface area contributed by atoms with E-state index in [2.05, 4.69) is 5.32 Å².